The van der Waals surface area contributed by atoms with Crippen LogP contribution in [0.4, 0.5) is 0 Å². The Morgan fingerprint density at radius 2 is 1.67 bits per heavy atom. The molecule has 0 aromatic heterocycles. The Morgan fingerprint density at radius 1 is 0.967 bits per heavy atom. The van der Waals surface area contributed by atoms with Crippen molar-refractivity contribution in [3.63, 3.8) is 0 Å². The fourth-order valence-corrected chi connectivity index (χ4v) is 4.29. The van der Waals surface area contributed by atoms with Crippen molar-refractivity contribution in [2.75, 3.05) is 0 Å². The monoisotopic (exact) mass is 528 g/mol. The van der Waals surface area contributed by atoms with Gasteiger partial charge in [-0.3, -0.25) is 4.79 Å². The smallest absolute Gasteiger partial charge is 0.244 e. The number of nitrogens with one attached hydrogen (secondary N) is 1. The molecule has 0 spiro atoms. The van der Waals surface area contributed by atoms with Crippen molar-refractivity contribution in [1.82, 2.24) is 5.43 Å². The van der Waals surface area contributed by atoms with Gasteiger partial charge in [0.15, 0.2) is 0 Å². The molecule has 1 N–H and O–H groups in total. The number of hydrogen-bond donors (Lipinski definition) is 1. The largest absolute Gasteiger partial charge is 0.487 e. The minimum atomic E-state index is -0.157. The van der Waals surface area contributed by atoms with E-state index in [0.29, 0.717) is 6.61 Å². The molecular formula is C24H22Br2N2O2. The number of aryl methyl sites for hydroxylation is 2. The summed E-state index contributed by atoms with van der Waals surface area (Å²) in [6, 6.07) is 19.8. The van der Waals surface area contributed by atoms with Crippen LogP contribution in [0.3, 0.4) is 0 Å². The first-order chi connectivity index (χ1) is 14.4. The van der Waals surface area contributed by atoms with Gasteiger partial charge in [-0.25, -0.2) is 5.43 Å². The van der Waals surface area contributed by atoms with Crippen LogP contribution in [0, 0.1) is 13.8 Å². The highest BCUT2D eigenvalue weighted by molar-refractivity contribution is 9.11. The summed E-state index contributed by atoms with van der Waals surface area (Å²) in [4.78, 5) is 12.1. The van der Waals surface area contributed by atoms with Gasteiger partial charge in [-0.2, -0.15) is 5.10 Å². The lowest BCUT2D eigenvalue weighted by molar-refractivity contribution is -0.120. The van der Waals surface area contributed by atoms with Crippen molar-refractivity contribution in [3.8, 4) is 5.75 Å². The lowest BCUT2D eigenvalue weighted by atomic mass is 10.0. The second-order valence-electron chi connectivity index (χ2n) is 6.98. The molecule has 0 fully saturated rings. The molecule has 6 heteroatoms. The van der Waals surface area contributed by atoms with Crippen molar-refractivity contribution in [2.24, 2.45) is 5.10 Å². The Bertz CT molecular complexity index is 1040. The third-order valence-corrected chi connectivity index (χ3v) is 5.76. The molecule has 3 aromatic carbocycles. The third-order valence-electron chi connectivity index (χ3n) is 4.59. The number of amides is 1. The molecule has 0 bridgehead atoms. The molecule has 0 heterocycles. The average Bonchev–Trinajstić information content (AvgIpc) is 2.71. The number of halogens is 2. The van der Waals surface area contributed by atoms with Crippen LogP contribution in [0.15, 0.2) is 74.7 Å². The van der Waals surface area contributed by atoms with E-state index in [9.17, 15) is 4.79 Å². The molecule has 154 valence electrons. The van der Waals surface area contributed by atoms with E-state index >= 15 is 0 Å². The van der Waals surface area contributed by atoms with Crippen LogP contribution >= 0.6 is 31.9 Å². The van der Waals surface area contributed by atoms with Crippen LogP contribution < -0.4 is 10.2 Å². The van der Waals surface area contributed by atoms with E-state index in [1.165, 1.54) is 11.1 Å². The van der Waals surface area contributed by atoms with Gasteiger partial charge >= 0.3 is 0 Å². The van der Waals surface area contributed by atoms with Gasteiger partial charge in [-0.15, -0.1) is 0 Å². The number of ether oxygens (including phenoxy) is 1. The van der Waals surface area contributed by atoms with Crippen LogP contribution in [0.25, 0.3) is 0 Å². The number of nitrogens with zero attached hydrogens (tertiary/aromatic N) is 1. The zero-order valence-corrected chi connectivity index (χ0v) is 20.0. The molecule has 0 aliphatic rings. The highest BCUT2D eigenvalue weighted by atomic mass is 79.9. The molecule has 4 nitrogen and oxygen atoms in total. The predicted octanol–water partition coefficient (Wildman–Crippen LogP) is 6.10. The van der Waals surface area contributed by atoms with E-state index in [4.69, 9.17) is 4.74 Å². The molecule has 0 aliphatic heterocycles. The standard InChI is InChI=1S/C24H22Br2N2O2/c1-16-8-9-19(10-17(16)2)13-23(29)28-27-14-20-11-21(25)24(22(26)12-20)30-15-18-6-4-3-5-7-18/h3-12,14H,13,15H2,1-2H3,(H,28,29)/b27-14-. The zero-order valence-electron chi connectivity index (χ0n) is 16.8. The number of hydrogen-bond acceptors (Lipinski definition) is 3. The summed E-state index contributed by atoms with van der Waals surface area (Å²) in [5.41, 5.74) is 7.86. The van der Waals surface area contributed by atoms with Crippen LogP contribution in [-0.4, -0.2) is 12.1 Å². The van der Waals surface area contributed by atoms with Crippen molar-refractivity contribution in [1.29, 1.82) is 0 Å². The maximum Gasteiger partial charge on any atom is 0.244 e. The summed E-state index contributed by atoms with van der Waals surface area (Å²) < 4.78 is 7.53. The fourth-order valence-electron chi connectivity index (χ4n) is 2.84. The van der Waals surface area contributed by atoms with Crippen LogP contribution in [-0.2, 0) is 17.8 Å². The lowest BCUT2D eigenvalue weighted by Crippen LogP contribution is -2.19. The molecule has 0 radical (unpaired) electrons. The first kappa shape index (κ1) is 22.2. The van der Waals surface area contributed by atoms with Crippen LogP contribution in [0.5, 0.6) is 5.75 Å². The molecule has 0 atom stereocenters. The Morgan fingerprint density at radius 3 is 2.33 bits per heavy atom. The first-order valence-electron chi connectivity index (χ1n) is 9.46. The lowest BCUT2D eigenvalue weighted by Gasteiger charge is -2.11. The highest BCUT2D eigenvalue weighted by Gasteiger charge is 2.09. The highest BCUT2D eigenvalue weighted by Crippen LogP contribution is 2.35. The summed E-state index contributed by atoms with van der Waals surface area (Å²) >= 11 is 7.09. The maximum atomic E-state index is 12.1. The summed E-state index contributed by atoms with van der Waals surface area (Å²) in [5, 5.41) is 4.08. The van der Waals surface area contributed by atoms with Crippen molar-refractivity contribution in [2.45, 2.75) is 26.9 Å². The number of carbonyl (C=O) groups is 1. The molecule has 0 saturated heterocycles. The Balaban J connectivity index is 1.58. The third kappa shape index (κ3) is 6.28. The summed E-state index contributed by atoms with van der Waals surface area (Å²) in [7, 11) is 0. The van der Waals surface area contributed by atoms with Gasteiger partial charge in [0.2, 0.25) is 5.91 Å². The number of hydrazone groups is 1. The zero-order chi connectivity index (χ0) is 21.5. The number of benzene rings is 3. The van der Waals surface area contributed by atoms with E-state index < -0.39 is 0 Å². The van der Waals surface area contributed by atoms with Crippen molar-refractivity contribution < 1.29 is 9.53 Å². The molecule has 0 saturated carbocycles. The van der Waals surface area contributed by atoms with Crippen LogP contribution in [0.1, 0.15) is 27.8 Å². The first-order valence-corrected chi connectivity index (χ1v) is 11.0. The molecule has 1 amide bonds. The predicted molar refractivity (Wildman–Crippen MR) is 128 cm³/mol. The molecule has 3 aromatic rings. The topological polar surface area (TPSA) is 50.7 Å². The number of carbonyl (C=O) groups excluding carboxylic acids is 1. The van der Waals surface area contributed by atoms with E-state index in [0.717, 1.165) is 31.4 Å². The Kier molecular flexibility index (Phi) is 7.82. The second kappa shape index (κ2) is 10.5. The van der Waals surface area contributed by atoms with Gasteiger partial charge in [0.1, 0.15) is 12.4 Å². The van der Waals surface area contributed by atoms with Gasteiger partial charge in [0.25, 0.3) is 0 Å². The summed E-state index contributed by atoms with van der Waals surface area (Å²) in [5.74, 6) is 0.560. The van der Waals surface area contributed by atoms with Gasteiger partial charge in [-0.1, -0.05) is 48.5 Å². The summed E-state index contributed by atoms with van der Waals surface area (Å²) in [6.45, 7) is 4.57. The normalized spacial score (nSPS) is 10.9. The maximum absolute atomic E-state index is 12.1. The molecule has 3 rings (SSSR count). The van der Waals surface area contributed by atoms with E-state index in [1.807, 2.05) is 67.6 Å². The molecule has 0 unspecified atom stereocenters. The molecular weight excluding hydrogens is 508 g/mol. The van der Waals surface area contributed by atoms with Crippen molar-refractivity contribution >= 4 is 44.0 Å². The SMILES string of the molecule is Cc1ccc(CC(=O)N/N=C\c2cc(Br)c(OCc3ccccc3)c(Br)c2)cc1C. The quantitative estimate of drug-likeness (QED) is 0.297. The second-order valence-corrected chi connectivity index (χ2v) is 8.69. The average molecular weight is 530 g/mol. The minimum Gasteiger partial charge on any atom is -0.487 e. The van der Waals surface area contributed by atoms with Gasteiger partial charge in [0.05, 0.1) is 21.6 Å². The van der Waals surface area contributed by atoms with Crippen LogP contribution in [0.2, 0.25) is 0 Å². The Hall–Kier alpha value is -2.44. The Labute approximate surface area is 193 Å². The number of rotatable bonds is 7. The van der Waals surface area contributed by atoms with E-state index in [2.05, 4.69) is 49.3 Å². The fraction of sp³-hybridized carbons (Fsp3) is 0.167. The van der Waals surface area contributed by atoms with Gasteiger partial charge in [0, 0.05) is 0 Å². The summed E-state index contributed by atoms with van der Waals surface area (Å²) in [6.07, 6.45) is 1.90. The molecule has 0 aliphatic carbocycles. The van der Waals surface area contributed by atoms with Gasteiger partial charge < -0.3 is 4.74 Å². The minimum absolute atomic E-state index is 0.157. The van der Waals surface area contributed by atoms with E-state index in [1.54, 1.807) is 6.21 Å². The van der Waals surface area contributed by atoms with E-state index in [-0.39, 0.29) is 12.3 Å². The van der Waals surface area contributed by atoms with Gasteiger partial charge in [-0.05, 0) is 85.7 Å². The van der Waals surface area contributed by atoms with Crippen molar-refractivity contribution in [3.05, 3.63) is 97.4 Å². The molecule has 30 heavy (non-hydrogen) atoms.